The van der Waals surface area contributed by atoms with Crippen LogP contribution in [0.15, 0.2) is 36.4 Å². The maximum atomic E-state index is 12.4. The Morgan fingerprint density at radius 3 is 2.26 bits per heavy atom. The zero-order valence-electron chi connectivity index (χ0n) is 16.6. The minimum Gasteiger partial charge on any atom is -0.481 e. The first kappa shape index (κ1) is 21.4. The van der Waals surface area contributed by atoms with E-state index >= 15 is 0 Å². The second-order valence-electron chi connectivity index (χ2n) is 8.15. The molecule has 4 heteroatoms. The van der Waals surface area contributed by atoms with E-state index in [2.05, 4.69) is 31.2 Å². The van der Waals surface area contributed by atoms with Gasteiger partial charge in [0.05, 0.1) is 11.3 Å². The molecule has 0 saturated heterocycles. The largest absolute Gasteiger partial charge is 0.481 e. The second kappa shape index (κ2) is 9.84. The number of thiophene rings is 1. The lowest BCUT2D eigenvalue weighted by Crippen LogP contribution is -2.20. The third-order valence-corrected chi connectivity index (χ3v) is 5.90. The average Bonchev–Trinajstić information content (AvgIpc) is 3.03. The van der Waals surface area contributed by atoms with E-state index in [1.807, 2.05) is 26.0 Å². The Balaban J connectivity index is 1.72. The van der Waals surface area contributed by atoms with Gasteiger partial charge in [0.2, 0.25) is 0 Å². The summed E-state index contributed by atoms with van der Waals surface area (Å²) < 4.78 is 0. The molecule has 0 radical (unpaired) electrons. The molecule has 1 aromatic carbocycles. The van der Waals surface area contributed by atoms with Crippen LogP contribution in [0.1, 0.15) is 71.6 Å². The number of carboxylic acids is 1. The number of carbonyl (C=O) groups is 2. The minimum atomic E-state index is -0.856. The van der Waals surface area contributed by atoms with Crippen molar-refractivity contribution in [2.24, 2.45) is 5.41 Å². The van der Waals surface area contributed by atoms with E-state index in [9.17, 15) is 9.59 Å². The van der Waals surface area contributed by atoms with Crippen LogP contribution in [0.4, 0.5) is 0 Å². The Morgan fingerprint density at radius 2 is 1.59 bits per heavy atom. The lowest BCUT2D eigenvalue weighted by atomic mass is 9.84. The van der Waals surface area contributed by atoms with Gasteiger partial charge in [0.25, 0.3) is 0 Å². The summed E-state index contributed by atoms with van der Waals surface area (Å²) in [7, 11) is 0. The van der Waals surface area contributed by atoms with Gasteiger partial charge in [-0.25, -0.2) is 0 Å². The maximum Gasteiger partial charge on any atom is 0.303 e. The summed E-state index contributed by atoms with van der Waals surface area (Å²) in [5.74, 6) is -0.804. The van der Waals surface area contributed by atoms with Crippen molar-refractivity contribution >= 4 is 23.1 Å². The van der Waals surface area contributed by atoms with Crippen molar-refractivity contribution in [3.63, 3.8) is 0 Å². The maximum absolute atomic E-state index is 12.4. The standard InChI is InChI=1S/C23H30O3S/c1-17-9-11-18(12-10-17)7-5-4-6-8-19-13-14-21(27-19)20(24)15-23(2,3)16-22(25)26/h9-14H,4-8,15-16H2,1-3H3,(H,25,26). The molecule has 0 unspecified atom stereocenters. The highest BCUT2D eigenvalue weighted by Crippen LogP contribution is 2.29. The SMILES string of the molecule is Cc1ccc(CCCCCc2ccc(C(=O)CC(C)(C)CC(=O)O)s2)cc1. The van der Waals surface area contributed by atoms with Crippen LogP contribution in [0.3, 0.4) is 0 Å². The Kier molecular flexibility index (Phi) is 7.78. The number of hydrogen-bond acceptors (Lipinski definition) is 3. The molecule has 27 heavy (non-hydrogen) atoms. The van der Waals surface area contributed by atoms with Crippen molar-refractivity contribution in [2.45, 2.75) is 65.7 Å². The van der Waals surface area contributed by atoms with Gasteiger partial charge in [-0.05, 0) is 55.7 Å². The molecule has 0 amide bonds. The van der Waals surface area contributed by atoms with Gasteiger partial charge in [0.15, 0.2) is 5.78 Å². The van der Waals surface area contributed by atoms with E-state index in [0.717, 1.165) is 24.1 Å². The molecule has 0 aliphatic carbocycles. The summed E-state index contributed by atoms with van der Waals surface area (Å²) in [4.78, 5) is 25.3. The molecule has 0 fully saturated rings. The van der Waals surface area contributed by atoms with E-state index in [4.69, 9.17) is 5.11 Å². The minimum absolute atomic E-state index is 0.0119. The predicted octanol–water partition coefficient (Wildman–Crippen LogP) is 6.09. The van der Waals surface area contributed by atoms with Gasteiger partial charge >= 0.3 is 5.97 Å². The normalized spacial score (nSPS) is 11.5. The summed E-state index contributed by atoms with van der Waals surface area (Å²) in [6.45, 7) is 5.78. The van der Waals surface area contributed by atoms with E-state index < -0.39 is 11.4 Å². The third-order valence-electron chi connectivity index (χ3n) is 4.71. The van der Waals surface area contributed by atoms with Crippen LogP contribution in [0, 0.1) is 12.3 Å². The molecule has 1 heterocycles. The number of rotatable bonds is 11. The molecule has 2 aromatic rings. The smallest absolute Gasteiger partial charge is 0.303 e. The van der Waals surface area contributed by atoms with Crippen LogP contribution in [-0.4, -0.2) is 16.9 Å². The van der Waals surface area contributed by atoms with Gasteiger partial charge < -0.3 is 5.11 Å². The Bertz CT molecular complexity index is 756. The number of Topliss-reactive ketones (excluding diaryl/α,β-unsaturated/α-hetero) is 1. The zero-order chi connectivity index (χ0) is 19.9. The topological polar surface area (TPSA) is 54.4 Å². The van der Waals surface area contributed by atoms with Gasteiger partial charge in [0, 0.05) is 11.3 Å². The molecule has 0 saturated carbocycles. The molecule has 146 valence electrons. The van der Waals surface area contributed by atoms with Crippen LogP contribution in [0.25, 0.3) is 0 Å². The Labute approximate surface area is 166 Å². The molecule has 0 bridgehead atoms. The number of aryl methyl sites for hydroxylation is 3. The summed E-state index contributed by atoms with van der Waals surface area (Å²) in [6.07, 6.45) is 5.90. The van der Waals surface area contributed by atoms with Crippen LogP contribution < -0.4 is 0 Å². The number of unbranched alkanes of at least 4 members (excludes halogenated alkanes) is 2. The average molecular weight is 387 g/mol. The summed E-state index contributed by atoms with van der Waals surface area (Å²) in [5.41, 5.74) is 2.19. The molecule has 2 rings (SSSR count). The van der Waals surface area contributed by atoms with Crippen molar-refractivity contribution in [1.82, 2.24) is 0 Å². The second-order valence-corrected chi connectivity index (χ2v) is 9.32. The first-order valence-electron chi connectivity index (χ1n) is 9.64. The molecule has 1 N–H and O–H groups in total. The fraction of sp³-hybridized carbons (Fsp3) is 0.478. The molecular formula is C23H30O3S. The van der Waals surface area contributed by atoms with E-state index in [1.54, 1.807) is 11.3 Å². The quantitative estimate of drug-likeness (QED) is 0.376. The molecule has 1 aromatic heterocycles. The molecule has 0 aliphatic rings. The lowest BCUT2D eigenvalue weighted by molar-refractivity contribution is -0.139. The van der Waals surface area contributed by atoms with Crippen LogP contribution in [-0.2, 0) is 17.6 Å². The number of hydrogen-bond donors (Lipinski definition) is 1. The van der Waals surface area contributed by atoms with E-state index in [-0.39, 0.29) is 18.6 Å². The first-order valence-corrected chi connectivity index (χ1v) is 10.5. The van der Waals surface area contributed by atoms with Crippen molar-refractivity contribution < 1.29 is 14.7 Å². The zero-order valence-corrected chi connectivity index (χ0v) is 17.4. The van der Waals surface area contributed by atoms with Crippen molar-refractivity contribution in [1.29, 1.82) is 0 Å². The number of carbonyl (C=O) groups excluding carboxylic acids is 1. The Hall–Kier alpha value is -1.94. The molecule has 3 nitrogen and oxygen atoms in total. The predicted molar refractivity (Wildman–Crippen MR) is 112 cm³/mol. The molecule has 0 aliphatic heterocycles. The van der Waals surface area contributed by atoms with Crippen molar-refractivity contribution in [2.75, 3.05) is 0 Å². The highest BCUT2D eigenvalue weighted by atomic mass is 32.1. The van der Waals surface area contributed by atoms with Crippen molar-refractivity contribution in [3.8, 4) is 0 Å². The van der Waals surface area contributed by atoms with Crippen LogP contribution >= 0.6 is 11.3 Å². The summed E-state index contributed by atoms with van der Waals surface area (Å²) in [5, 5.41) is 8.95. The summed E-state index contributed by atoms with van der Waals surface area (Å²) >= 11 is 1.56. The van der Waals surface area contributed by atoms with E-state index in [0.29, 0.717) is 0 Å². The van der Waals surface area contributed by atoms with Crippen LogP contribution in [0.5, 0.6) is 0 Å². The molecular weight excluding hydrogens is 356 g/mol. The van der Waals surface area contributed by atoms with Gasteiger partial charge in [0.1, 0.15) is 0 Å². The third kappa shape index (κ3) is 7.67. The fourth-order valence-electron chi connectivity index (χ4n) is 3.22. The molecule has 0 spiro atoms. The highest BCUT2D eigenvalue weighted by Gasteiger charge is 2.26. The van der Waals surface area contributed by atoms with Gasteiger partial charge in [-0.1, -0.05) is 50.1 Å². The number of benzene rings is 1. The first-order chi connectivity index (χ1) is 12.7. The fourth-order valence-corrected chi connectivity index (χ4v) is 4.20. The number of ketones is 1. The highest BCUT2D eigenvalue weighted by molar-refractivity contribution is 7.14. The van der Waals surface area contributed by atoms with Gasteiger partial charge in [-0.15, -0.1) is 11.3 Å². The van der Waals surface area contributed by atoms with Gasteiger partial charge in [-0.3, -0.25) is 9.59 Å². The monoisotopic (exact) mass is 386 g/mol. The lowest BCUT2D eigenvalue weighted by Gasteiger charge is -2.20. The molecule has 0 atom stereocenters. The van der Waals surface area contributed by atoms with Crippen molar-refractivity contribution in [3.05, 3.63) is 57.3 Å². The number of carboxylic acid groups (broad SMARTS) is 1. The van der Waals surface area contributed by atoms with Crippen LogP contribution in [0.2, 0.25) is 0 Å². The summed E-state index contributed by atoms with van der Waals surface area (Å²) in [6, 6.07) is 12.7. The Morgan fingerprint density at radius 1 is 0.926 bits per heavy atom. The number of aliphatic carboxylic acids is 1. The van der Waals surface area contributed by atoms with E-state index in [1.165, 1.54) is 28.8 Å². The van der Waals surface area contributed by atoms with Gasteiger partial charge in [-0.2, -0.15) is 0 Å².